The molecule has 0 aliphatic heterocycles. The van der Waals surface area contributed by atoms with Crippen molar-refractivity contribution in [2.45, 2.75) is 52.0 Å². The first-order chi connectivity index (χ1) is 8.46. The molecule has 0 aromatic carbocycles. The Morgan fingerprint density at radius 1 is 1.33 bits per heavy atom. The highest BCUT2D eigenvalue weighted by atomic mass is 15.2. The van der Waals surface area contributed by atoms with Crippen LogP contribution in [0.1, 0.15) is 46.5 Å². The molecule has 0 amide bonds. The number of hydrogen-bond donors (Lipinski definition) is 0. The van der Waals surface area contributed by atoms with Gasteiger partial charge in [0.25, 0.3) is 0 Å². The molecule has 2 rings (SSSR count). The minimum atomic E-state index is 0.286. The van der Waals surface area contributed by atoms with Crippen molar-refractivity contribution in [3.63, 3.8) is 0 Å². The first-order valence-electron chi connectivity index (χ1n) is 7.16. The summed E-state index contributed by atoms with van der Waals surface area (Å²) in [5.74, 6) is 0. The van der Waals surface area contributed by atoms with Crippen LogP contribution in [0, 0.1) is 10.8 Å². The summed E-state index contributed by atoms with van der Waals surface area (Å²) in [7, 11) is 2.19. The quantitative estimate of drug-likeness (QED) is 0.687. The second-order valence-corrected chi connectivity index (χ2v) is 6.49. The molecule has 0 heterocycles. The van der Waals surface area contributed by atoms with E-state index in [1.165, 1.54) is 19.3 Å². The van der Waals surface area contributed by atoms with E-state index in [-0.39, 0.29) is 5.41 Å². The SMILES string of the molecule is C=CN(C)C1(CCC)CC1(C)C1(C)C=CC=CC1. The zero-order valence-electron chi connectivity index (χ0n) is 12.4. The van der Waals surface area contributed by atoms with Gasteiger partial charge in [0, 0.05) is 18.0 Å². The van der Waals surface area contributed by atoms with Crippen LogP contribution >= 0.6 is 0 Å². The van der Waals surface area contributed by atoms with Gasteiger partial charge in [0.1, 0.15) is 0 Å². The summed E-state index contributed by atoms with van der Waals surface area (Å²) in [5.41, 5.74) is 0.960. The molecule has 0 aromatic heterocycles. The molecule has 18 heavy (non-hydrogen) atoms. The number of nitrogens with zero attached hydrogens (tertiary/aromatic N) is 1. The zero-order valence-corrected chi connectivity index (χ0v) is 12.4. The standard InChI is InChI=1S/C17H27N/c1-6-11-17(18(5)7-2)14-16(17,4)15(3)12-9-8-10-13-15/h7-10,12H,2,6,11,13-14H2,1,3-5H3. The first-order valence-corrected chi connectivity index (χ1v) is 7.16. The van der Waals surface area contributed by atoms with Crippen LogP contribution < -0.4 is 0 Å². The third-order valence-corrected chi connectivity index (χ3v) is 5.67. The lowest BCUT2D eigenvalue weighted by molar-refractivity contribution is 0.138. The smallest absolute Gasteiger partial charge is 0.0462 e. The van der Waals surface area contributed by atoms with Crippen LogP contribution in [-0.2, 0) is 0 Å². The maximum Gasteiger partial charge on any atom is 0.0462 e. The van der Waals surface area contributed by atoms with E-state index in [1.54, 1.807) is 0 Å². The zero-order chi connectivity index (χ0) is 13.4. The van der Waals surface area contributed by atoms with Crippen molar-refractivity contribution in [1.29, 1.82) is 0 Å². The summed E-state index contributed by atoms with van der Waals surface area (Å²) in [5, 5.41) is 0. The first kappa shape index (κ1) is 13.5. The van der Waals surface area contributed by atoms with Gasteiger partial charge in [-0.1, -0.05) is 58.1 Å². The molecule has 0 aromatic rings. The van der Waals surface area contributed by atoms with Crippen LogP contribution in [0.15, 0.2) is 37.1 Å². The van der Waals surface area contributed by atoms with Crippen LogP contribution in [0.4, 0.5) is 0 Å². The van der Waals surface area contributed by atoms with Crippen molar-refractivity contribution >= 4 is 0 Å². The van der Waals surface area contributed by atoms with Crippen LogP contribution in [0.5, 0.6) is 0 Å². The Morgan fingerprint density at radius 3 is 2.56 bits per heavy atom. The molecule has 100 valence electrons. The normalized spacial score (nSPS) is 41.8. The average molecular weight is 245 g/mol. The maximum absolute atomic E-state index is 3.98. The molecule has 0 saturated heterocycles. The van der Waals surface area contributed by atoms with Gasteiger partial charge in [-0.3, -0.25) is 0 Å². The van der Waals surface area contributed by atoms with E-state index < -0.39 is 0 Å². The molecule has 0 radical (unpaired) electrons. The van der Waals surface area contributed by atoms with Gasteiger partial charge in [-0.25, -0.2) is 0 Å². The molecule has 0 spiro atoms. The Morgan fingerprint density at radius 2 is 2.06 bits per heavy atom. The summed E-state index contributed by atoms with van der Waals surface area (Å²) < 4.78 is 0. The highest BCUT2D eigenvalue weighted by Gasteiger charge is 2.71. The molecule has 1 fully saturated rings. The van der Waals surface area contributed by atoms with Crippen molar-refractivity contribution in [3.8, 4) is 0 Å². The summed E-state index contributed by atoms with van der Waals surface area (Å²) in [4.78, 5) is 2.37. The summed E-state index contributed by atoms with van der Waals surface area (Å²) in [6, 6.07) is 0. The lowest BCUT2D eigenvalue weighted by Crippen LogP contribution is -2.41. The van der Waals surface area contributed by atoms with Crippen molar-refractivity contribution in [1.82, 2.24) is 4.90 Å². The molecule has 2 aliphatic carbocycles. The topological polar surface area (TPSA) is 3.24 Å². The van der Waals surface area contributed by atoms with Crippen LogP contribution in [0.2, 0.25) is 0 Å². The highest BCUT2D eigenvalue weighted by Crippen LogP contribution is 2.71. The molecule has 1 saturated carbocycles. The summed E-state index contributed by atoms with van der Waals surface area (Å²) in [6.45, 7) is 11.1. The maximum atomic E-state index is 3.98. The Hall–Kier alpha value is -0.980. The molecule has 1 nitrogen and oxygen atoms in total. The molecule has 3 atom stereocenters. The second-order valence-electron chi connectivity index (χ2n) is 6.49. The fourth-order valence-electron chi connectivity index (χ4n) is 4.05. The van der Waals surface area contributed by atoms with E-state index in [9.17, 15) is 0 Å². The van der Waals surface area contributed by atoms with Gasteiger partial charge < -0.3 is 4.90 Å². The van der Waals surface area contributed by atoms with E-state index in [1.807, 2.05) is 6.20 Å². The van der Waals surface area contributed by atoms with Crippen LogP contribution in [-0.4, -0.2) is 17.5 Å². The second kappa shape index (κ2) is 4.29. The monoisotopic (exact) mass is 245 g/mol. The minimum absolute atomic E-state index is 0.286. The third-order valence-electron chi connectivity index (χ3n) is 5.67. The van der Waals surface area contributed by atoms with Gasteiger partial charge in [0.2, 0.25) is 0 Å². The van der Waals surface area contributed by atoms with Gasteiger partial charge in [-0.05, 0) is 30.9 Å². The van der Waals surface area contributed by atoms with Gasteiger partial charge >= 0.3 is 0 Å². The highest BCUT2D eigenvalue weighted by molar-refractivity contribution is 5.32. The van der Waals surface area contributed by atoms with Gasteiger partial charge in [-0.15, -0.1) is 0 Å². The molecule has 1 heteroatoms. The minimum Gasteiger partial charge on any atom is -0.375 e. The van der Waals surface area contributed by atoms with Gasteiger partial charge in [-0.2, -0.15) is 0 Å². The lowest BCUT2D eigenvalue weighted by atomic mass is 9.68. The number of hydrogen-bond acceptors (Lipinski definition) is 1. The predicted octanol–water partition coefficient (Wildman–Crippen LogP) is 4.53. The number of allylic oxidation sites excluding steroid dienone is 4. The Labute approximate surface area is 112 Å². The summed E-state index contributed by atoms with van der Waals surface area (Å²) in [6.07, 6.45) is 16.1. The van der Waals surface area contributed by atoms with E-state index in [0.717, 1.165) is 6.42 Å². The third kappa shape index (κ3) is 1.60. The fourth-order valence-corrected chi connectivity index (χ4v) is 4.05. The molecular formula is C17H27N. The summed E-state index contributed by atoms with van der Waals surface area (Å²) >= 11 is 0. The largest absolute Gasteiger partial charge is 0.375 e. The predicted molar refractivity (Wildman–Crippen MR) is 79.3 cm³/mol. The van der Waals surface area contributed by atoms with Crippen molar-refractivity contribution in [3.05, 3.63) is 37.1 Å². The molecule has 2 aliphatic rings. The van der Waals surface area contributed by atoms with E-state index in [0.29, 0.717) is 11.0 Å². The van der Waals surface area contributed by atoms with E-state index in [4.69, 9.17) is 0 Å². The van der Waals surface area contributed by atoms with Crippen molar-refractivity contribution < 1.29 is 0 Å². The van der Waals surface area contributed by atoms with Gasteiger partial charge in [0.15, 0.2) is 0 Å². The van der Waals surface area contributed by atoms with Crippen molar-refractivity contribution in [2.24, 2.45) is 10.8 Å². The average Bonchev–Trinajstić information content (AvgIpc) is 2.98. The Balaban J connectivity index is 2.30. The molecule has 0 bridgehead atoms. The lowest BCUT2D eigenvalue weighted by Gasteiger charge is -2.41. The Kier molecular flexibility index (Phi) is 3.21. The van der Waals surface area contributed by atoms with E-state index in [2.05, 4.69) is 63.6 Å². The molecular weight excluding hydrogens is 218 g/mol. The van der Waals surface area contributed by atoms with Crippen LogP contribution in [0.25, 0.3) is 0 Å². The molecule has 3 unspecified atom stereocenters. The number of rotatable bonds is 5. The van der Waals surface area contributed by atoms with E-state index >= 15 is 0 Å². The molecule has 0 N–H and O–H groups in total. The fraction of sp³-hybridized carbons (Fsp3) is 0.647. The van der Waals surface area contributed by atoms with Gasteiger partial charge in [0.05, 0.1) is 0 Å². The Bertz CT molecular complexity index is 394. The van der Waals surface area contributed by atoms with Crippen LogP contribution in [0.3, 0.4) is 0 Å². The van der Waals surface area contributed by atoms with Crippen molar-refractivity contribution in [2.75, 3.05) is 7.05 Å².